The quantitative estimate of drug-likeness (QED) is 0.196. The van der Waals surface area contributed by atoms with Crippen LogP contribution in [0.15, 0.2) is 29.7 Å². The number of nitrogens with two attached hydrogens (primary N) is 1. The molecule has 4 bridgehead atoms. The molecule has 0 radical (unpaired) electrons. The smallest absolute Gasteiger partial charge is 0.326 e. The second kappa shape index (κ2) is 10.5. The first kappa shape index (κ1) is 24.0. The van der Waals surface area contributed by atoms with Crippen LogP contribution in [0.25, 0.3) is 21.9 Å². The zero-order valence-electron chi connectivity index (χ0n) is 19.3. The number of hydrogen-bond acceptors (Lipinski definition) is 11. The van der Waals surface area contributed by atoms with Crippen LogP contribution < -0.4 is 26.4 Å². The zero-order chi connectivity index (χ0) is 25.1. The van der Waals surface area contributed by atoms with Gasteiger partial charge >= 0.3 is 6.01 Å². The molecule has 6 N–H and O–H groups in total. The van der Waals surface area contributed by atoms with Crippen LogP contribution in [0.2, 0.25) is 0 Å². The molecule has 5 heterocycles. The number of amides is 1. The molecule has 3 aromatic heterocycles. The summed E-state index contributed by atoms with van der Waals surface area (Å²) in [5.74, 6) is 0.325. The number of nitrogens with one attached hydrogen (secondary N) is 4. The van der Waals surface area contributed by atoms with Crippen molar-refractivity contribution in [3.05, 3.63) is 30.3 Å². The van der Waals surface area contributed by atoms with Crippen LogP contribution in [-0.2, 0) is 9.53 Å². The van der Waals surface area contributed by atoms with Gasteiger partial charge in [-0.1, -0.05) is 11.8 Å². The fourth-order valence-corrected chi connectivity index (χ4v) is 4.38. The summed E-state index contributed by atoms with van der Waals surface area (Å²) in [7, 11) is 1.71. The summed E-state index contributed by atoms with van der Waals surface area (Å²) in [5, 5.41) is 10.7. The van der Waals surface area contributed by atoms with Crippen LogP contribution in [0.1, 0.15) is 0 Å². The number of fused-ring (bicyclic) bond motifs is 14. The maximum Gasteiger partial charge on any atom is 0.326 e. The predicted octanol–water partition coefficient (Wildman–Crippen LogP) is 1.85. The van der Waals surface area contributed by atoms with Gasteiger partial charge in [0.15, 0.2) is 10.9 Å². The summed E-state index contributed by atoms with van der Waals surface area (Å²) in [6.07, 6.45) is 2.96. The molecule has 1 aromatic carbocycles. The van der Waals surface area contributed by atoms with Crippen molar-refractivity contribution < 1.29 is 18.7 Å². The second-order valence-corrected chi connectivity index (χ2v) is 8.87. The van der Waals surface area contributed by atoms with Crippen LogP contribution in [0.4, 0.5) is 15.9 Å². The summed E-state index contributed by atoms with van der Waals surface area (Å²) in [6.45, 7) is 1.15. The first-order chi connectivity index (χ1) is 17.5. The van der Waals surface area contributed by atoms with E-state index in [2.05, 4.69) is 40.9 Å². The van der Waals surface area contributed by atoms with Crippen LogP contribution in [0.3, 0.4) is 0 Å². The van der Waals surface area contributed by atoms with Crippen LogP contribution in [0, 0.1) is 5.82 Å². The molecule has 188 valence electrons. The van der Waals surface area contributed by atoms with E-state index in [1.165, 1.54) is 36.3 Å². The van der Waals surface area contributed by atoms with Crippen molar-refractivity contribution in [1.29, 1.82) is 0 Å². The highest BCUT2D eigenvalue weighted by molar-refractivity contribution is 7.99. The van der Waals surface area contributed by atoms with Crippen molar-refractivity contribution in [1.82, 2.24) is 30.2 Å². The Morgan fingerprint density at radius 3 is 2.89 bits per heavy atom. The molecule has 0 fully saturated rings. The Kier molecular flexibility index (Phi) is 6.97. The van der Waals surface area contributed by atoms with E-state index in [4.69, 9.17) is 15.2 Å². The molecule has 4 aromatic rings. The molecule has 0 saturated heterocycles. The van der Waals surface area contributed by atoms with Gasteiger partial charge < -0.3 is 36.1 Å². The molecule has 1 amide bonds. The number of nitrogens with zero attached hydrogens (tertiary/aromatic N) is 4. The zero-order valence-corrected chi connectivity index (χ0v) is 20.1. The lowest BCUT2D eigenvalue weighted by Gasteiger charge is -2.19. The number of hydrogen-bond donors (Lipinski definition) is 5. The van der Waals surface area contributed by atoms with Gasteiger partial charge in [0, 0.05) is 25.5 Å². The Morgan fingerprint density at radius 1 is 1.28 bits per heavy atom. The number of aromatic amines is 1. The first-order valence-corrected chi connectivity index (χ1v) is 12.2. The van der Waals surface area contributed by atoms with E-state index in [1.54, 1.807) is 7.05 Å². The number of halogens is 1. The molecule has 0 saturated carbocycles. The lowest BCUT2D eigenvalue weighted by Crippen LogP contribution is -2.35. The van der Waals surface area contributed by atoms with Gasteiger partial charge in [-0.3, -0.25) is 4.79 Å². The Morgan fingerprint density at radius 2 is 2.11 bits per heavy atom. The van der Waals surface area contributed by atoms with Crippen molar-refractivity contribution in [2.75, 3.05) is 49.7 Å². The lowest BCUT2D eigenvalue weighted by molar-refractivity contribution is -0.118. The van der Waals surface area contributed by atoms with Crippen molar-refractivity contribution in [2.45, 2.75) is 11.2 Å². The number of thioether (sulfide) groups is 1. The molecule has 14 heteroatoms. The van der Waals surface area contributed by atoms with Crippen LogP contribution in [-0.4, -0.2) is 76.0 Å². The van der Waals surface area contributed by atoms with E-state index in [1.807, 2.05) is 0 Å². The highest BCUT2D eigenvalue weighted by atomic mass is 32.2. The summed E-state index contributed by atoms with van der Waals surface area (Å²) < 4.78 is 26.0. The second-order valence-electron chi connectivity index (χ2n) is 7.92. The normalized spacial score (nSPS) is 17.2. The molecule has 2 aliphatic heterocycles. The van der Waals surface area contributed by atoms with Gasteiger partial charge in [-0.15, -0.1) is 0 Å². The molecule has 2 aliphatic rings. The Labute approximate surface area is 209 Å². The fraction of sp³-hybridized carbons (Fsp3) is 0.318. The van der Waals surface area contributed by atoms with E-state index in [-0.39, 0.29) is 36.9 Å². The number of benzene rings is 1. The molecule has 12 nitrogen and oxygen atoms in total. The first-order valence-electron chi connectivity index (χ1n) is 11.2. The molecule has 1 atom stereocenters. The maximum atomic E-state index is 14.4. The monoisotopic (exact) mass is 513 g/mol. The molecule has 0 spiro atoms. The minimum atomic E-state index is -0.406. The number of carbonyl (C=O) groups is 1. The van der Waals surface area contributed by atoms with Gasteiger partial charge in [0.1, 0.15) is 17.3 Å². The standard InChI is InChI=1S/C22H24FN9O3S/c1-25-15-5-11(23)4-14-17-19-29-12(6-24)9-34-3-2-26-16(33)10-36-22-27-7-13(8-28-22)35-21(31-19)32-20(17)30-18(14)15/h4-5,7-8,12,25H,2-3,6,9-10,24H2,1H3,(H,26,33)(H2,29,30,31,32). The number of carbonyl (C=O) groups excluding carboxylic acids is 1. The molecular weight excluding hydrogens is 489 g/mol. The van der Waals surface area contributed by atoms with E-state index >= 15 is 0 Å². The van der Waals surface area contributed by atoms with Gasteiger partial charge in [-0.05, 0) is 12.1 Å². The predicted molar refractivity (Wildman–Crippen MR) is 134 cm³/mol. The Balaban J connectivity index is 1.60. The third kappa shape index (κ3) is 5.10. The minimum Gasteiger partial charge on any atom is -0.421 e. The Hall–Kier alpha value is -3.75. The molecular formula is C22H24FN9O3S. The van der Waals surface area contributed by atoms with Gasteiger partial charge in [0.2, 0.25) is 5.91 Å². The highest BCUT2D eigenvalue weighted by Gasteiger charge is 2.20. The molecule has 6 rings (SSSR count). The number of H-pyrrole nitrogens is 1. The third-order valence-corrected chi connectivity index (χ3v) is 6.31. The van der Waals surface area contributed by atoms with Gasteiger partial charge in [-0.25, -0.2) is 14.4 Å². The third-order valence-electron chi connectivity index (χ3n) is 5.43. The van der Waals surface area contributed by atoms with Crippen LogP contribution >= 0.6 is 11.8 Å². The minimum absolute atomic E-state index is 0.0317. The van der Waals surface area contributed by atoms with Crippen molar-refractivity contribution in [3.63, 3.8) is 0 Å². The number of aromatic nitrogens is 5. The van der Waals surface area contributed by atoms with Crippen LogP contribution in [0.5, 0.6) is 11.8 Å². The van der Waals surface area contributed by atoms with Crippen molar-refractivity contribution >= 4 is 51.1 Å². The van der Waals surface area contributed by atoms with Gasteiger partial charge in [0.25, 0.3) is 0 Å². The summed E-state index contributed by atoms with van der Waals surface area (Å²) in [4.78, 5) is 32.8. The Bertz CT molecular complexity index is 1400. The van der Waals surface area contributed by atoms with Crippen molar-refractivity contribution in [3.8, 4) is 11.8 Å². The topological polar surface area (TPSA) is 165 Å². The molecule has 0 aliphatic carbocycles. The largest absolute Gasteiger partial charge is 0.421 e. The fourth-order valence-electron chi connectivity index (χ4n) is 3.76. The van der Waals surface area contributed by atoms with Gasteiger partial charge in [-0.2, -0.15) is 9.97 Å². The van der Waals surface area contributed by atoms with E-state index in [0.29, 0.717) is 57.5 Å². The SMILES string of the molecule is CNc1cc(F)cc2c1[nH]c1nc3nc(c12)NC(CN)COCCNC(=O)CSc1ncc(cn1)O3. The van der Waals surface area contributed by atoms with Gasteiger partial charge in [0.05, 0.1) is 54.0 Å². The number of rotatable bonds is 2. The van der Waals surface area contributed by atoms with Crippen molar-refractivity contribution in [2.24, 2.45) is 5.73 Å². The summed E-state index contributed by atoms with van der Waals surface area (Å²) in [6, 6.07) is 2.52. The lowest BCUT2D eigenvalue weighted by atomic mass is 10.1. The van der Waals surface area contributed by atoms with E-state index in [0.717, 1.165) is 0 Å². The number of ether oxygens (including phenoxy) is 2. The van der Waals surface area contributed by atoms with E-state index < -0.39 is 5.82 Å². The average Bonchev–Trinajstić information content (AvgIpc) is 3.24. The van der Waals surface area contributed by atoms with E-state index in [9.17, 15) is 9.18 Å². The molecule has 1 unspecified atom stereocenters. The average molecular weight is 514 g/mol. The molecule has 36 heavy (non-hydrogen) atoms. The number of anilines is 2. The maximum absolute atomic E-state index is 14.4. The highest BCUT2D eigenvalue weighted by Crippen LogP contribution is 2.36. The summed E-state index contributed by atoms with van der Waals surface area (Å²) >= 11 is 1.20. The summed E-state index contributed by atoms with van der Waals surface area (Å²) in [5.41, 5.74) is 7.68.